The monoisotopic (exact) mass is 322 g/mol. The molecule has 0 aliphatic carbocycles. The number of anilines is 1. The first-order chi connectivity index (χ1) is 11.4. The minimum atomic E-state index is -0.641. The van der Waals surface area contributed by atoms with Crippen molar-refractivity contribution in [2.24, 2.45) is 0 Å². The number of aryl methyl sites for hydroxylation is 1. The molecule has 4 nitrogen and oxygen atoms in total. The molecular weight excluding hydrogens is 300 g/mol. The van der Waals surface area contributed by atoms with Crippen LogP contribution in [0.15, 0.2) is 42.5 Å². The zero-order valence-electron chi connectivity index (χ0n) is 14.5. The molecule has 0 aromatic heterocycles. The maximum absolute atomic E-state index is 12.5. The Morgan fingerprint density at radius 1 is 1.12 bits per heavy atom. The molecule has 4 heteroatoms. The summed E-state index contributed by atoms with van der Waals surface area (Å²) in [4.78, 5) is 12.5. The van der Waals surface area contributed by atoms with E-state index in [4.69, 9.17) is 10.00 Å². The van der Waals surface area contributed by atoms with Gasteiger partial charge in [0.15, 0.2) is 6.10 Å². The second kappa shape index (κ2) is 7.65. The predicted octanol–water partition coefficient (Wildman–Crippen LogP) is 4.40. The molecule has 124 valence electrons. The lowest BCUT2D eigenvalue weighted by molar-refractivity contribution is -0.122. The minimum Gasteiger partial charge on any atom is -0.481 e. The van der Waals surface area contributed by atoms with E-state index < -0.39 is 6.10 Å². The number of ether oxygens (including phenoxy) is 1. The van der Waals surface area contributed by atoms with Gasteiger partial charge in [0, 0.05) is 5.69 Å². The van der Waals surface area contributed by atoms with Gasteiger partial charge in [-0.15, -0.1) is 0 Å². The Morgan fingerprint density at radius 2 is 1.79 bits per heavy atom. The second-order valence-corrected chi connectivity index (χ2v) is 6.08. The van der Waals surface area contributed by atoms with Gasteiger partial charge in [-0.1, -0.05) is 32.0 Å². The fraction of sp³-hybridized carbons (Fsp3) is 0.300. The van der Waals surface area contributed by atoms with E-state index in [-0.39, 0.29) is 5.91 Å². The molecular formula is C20H22N2O2. The SMILES string of the molecule is Cc1cccc(C(C)C)c1NC(=O)[C@@H](C)Oc1ccc(C#N)cc1. The van der Waals surface area contributed by atoms with E-state index >= 15 is 0 Å². The molecule has 0 heterocycles. The molecule has 0 saturated carbocycles. The van der Waals surface area contributed by atoms with Gasteiger partial charge in [-0.25, -0.2) is 0 Å². The third-order valence-electron chi connectivity index (χ3n) is 3.84. The fourth-order valence-electron chi connectivity index (χ4n) is 2.43. The number of nitrogens with zero attached hydrogens (tertiary/aromatic N) is 1. The van der Waals surface area contributed by atoms with Gasteiger partial charge in [0.05, 0.1) is 11.6 Å². The highest BCUT2D eigenvalue weighted by molar-refractivity contribution is 5.95. The van der Waals surface area contributed by atoms with E-state index in [0.29, 0.717) is 17.2 Å². The summed E-state index contributed by atoms with van der Waals surface area (Å²) in [6, 6.07) is 14.8. The molecule has 2 aromatic carbocycles. The molecule has 2 rings (SSSR count). The predicted molar refractivity (Wildman–Crippen MR) is 95.1 cm³/mol. The summed E-state index contributed by atoms with van der Waals surface area (Å²) in [6.07, 6.45) is -0.641. The minimum absolute atomic E-state index is 0.199. The summed E-state index contributed by atoms with van der Waals surface area (Å²) in [6.45, 7) is 7.89. The highest BCUT2D eigenvalue weighted by Gasteiger charge is 2.18. The quantitative estimate of drug-likeness (QED) is 0.887. The Hall–Kier alpha value is -2.80. The number of carbonyl (C=O) groups excluding carboxylic acids is 1. The topological polar surface area (TPSA) is 62.1 Å². The zero-order chi connectivity index (χ0) is 17.7. The smallest absolute Gasteiger partial charge is 0.265 e. The molecule has 0 aliphatic heterocycles. The third kappa shape index (κ3) is 4.14. The molecule has 2 aromatic rings. The van der Waals surface area contributed by atoms with Crippen molar-refractivity contribution in [3.63, 3.8) is 0 Å². The van der Waals surface area contributed by atoms with Gasteiger partial charge in [0.25, 0.3) is 5.91 Å². The molecule has 0 fully saturated rings. The zero-order valence-corrected chi connectivity index (χ0v) is 14.5. The van der Waals surface area contributed by atoms with Gasteiger partial charge < -0.3 is 10.1 Å². The van der Waals surface area contributed by atoms with Crippen molar-refractivity contribution in [1.29, 1.82) is 5.26 Å². The number of amides is 1. The Balaban J connectivity index is 2.10. The van der Waals surface area contributed by atoms with E-state index in [9.17, 15) is 4.79 Å². The van der Waals surface area contributed by atoms with Gasteiger partial charge in [0.2, 0.25) is 0 Å². The van der Waals surface area contributed by atoms with Crippen molar-refractivity contribution in [3.05, 3.63) is 59.2 Å². The lowest BCUT2D eigenvalue weighted by Gasteiger charge is -2.19. The molecule has 0 saturated heterocycles. The molecule has 0 spiro atoms. The molecule has 0 unspecified atom stereocenters. The van der Waals surface area contributed by atoms with Crippen LogP contribution in [0, 0.1) is 18.3 Å². The van der Waals surface area contributed by atoms with E-state index in [0.717, 1.165) is 16.8 Å². The number of para-hydroxylation sites is 1. The Bertz CT molecular complexity index is 758. The van der Waals surface area contributed by atoms with Crippen LogP contribution >= 0.6 is 0 Å². The molecule has 0 bridgehead atoms. The van der Waals surface area contributed by atoms with Crippen molar-refractivity contribution in [3.8, 4) is 11.8 Å². The Morgan fingerprint density at radius 3 is 2.38 bits per heavy atom. The summed E-state index contributed by atoms with van der Waals surface area (Å²) in [5, 5.41) is 11.8. The summed E-state index contributed by atoms with van der Waals surface area (Å²) in [5.74, 6) is 0.677. The van der Waals surface area contributed by atoms with Crippen LogP contribution in [0.5, 0.6) is 5.75 Å². The number of hydrogen-bond acceptors (Lipinski definition) is 3. The largest absolute Gasteiger partial charge is 0.481 e. The van der Waals surface area contributed by atoms with Gasteiger partial charge in [-0.05, 0) is 55.2 Å². The highest BCUT2D eigenvalue weighted by Crippen LogP contribution is 2.27. The van der Waals surface area contributed by atoms with Crippen LogP contribution in [-0.2, 0) is 4.79 Å². The van der Waals surface area contributed by atoms with Crippen LogP contribution in [0.2, 0.25) is 0 Å². The molecule has 0 radical (unpaired) electrons. The van der Waals surface area contributed by atoms with Gasteiger partial charge in [0.1, 0.15) is 5.75 Å². The number of rotatable bonds is 5. The molecule has 0 aliphatic rings. The van der Waals surface area contributed by atoms with Crippen LogP contribution in [0.1, 0.15) is 43.4 Å². The fourth-order valence-corrected chi connectivity index (χ4v) is 2.43. The summed E-state index contributed by atoms with van der Waals surface area (Å²) in [5.41, 5.74) is 3.54. The standard InChI is InChI=1S/C20H22N2O2/c1-13(2)18-7-5-6-14(3)19(18)22-20(23)15(4)24-17-10-8-16(12-21)9-11-17/h5-11,13,15H,1-4H3,(H,22,23)/t15-/m1/s1. The van der Waals surface area contributed by atoms with Crippen LogP contribution < -0.4 is 10.1 Å². The van der Waals surface area contributed by atoms with Crippen LogP contribution in [0.3, 0.4) is 0 Å². The molecule has 1 amide bonds. The number of nitrogens with one attached hydrogen (secondary N) is 1. The number of benzene rings is 2. The first kappa shape index (κ1) is 17.6. The molecule has 1 N–H and O–H groups in total. The number of hydrogen-bond donors (Lipinski definition) is 1. The van der Waals surface area contributed by atoms with Crippen molar-refractivity contribution in [2.45, 2.75) is 39.7 Å². The number of nitriles is 1. The van der Waals surface area contributed by atoms with Gasteiger partial charge in [-0.3, -0.25) is 4.79 Å². The van der Waals surface area contributed by atoms with Crippen molar-refractivity contribution < 1.29 is 9.53 Å². The van der Waals surface area contributed by atoms with E-state index in [1.54, 1.807) is 31.2 Å². The third-order valence-corrected chi connectivity index (χ3v) is 3.84. The Labute approximate surface area is 143 Å². The second-order valence-electron chi connectivity index (χ2n) is 6.08. The maximum atomic E-state index is 12.5. The first-order valence-electron chi connectivity index (χ1n) is 7.99. The Kier molecular flexibility index (Phi) is 5.59. The van der Waals surface area contributed by atoms with Crippen molar-refractivity contribution in [2.75, 3.05) is 5.32 Å². The van der Waals surface area contributed by atoms with Crippen LogP contribution in [0.4, 0.5) is 5.69 Å². The average molecular weight is 322 g/mol. The average Bonchev–Trinajstić information content (AvgIpc) is 2.57. The lowest BCUT2D eigenvalue weighted by Crippen LogP contribution is -2.30. The van der Waals surface area contributed by atoms with E-state index in [1.807, 2.05) is 25.1 Å². The van der Waals surface area contributed by atoms with E-state index in [1.165, 1.54) is 0 Å². The number of carbonyl (C=O) groups is 1. The van der Waals surface area contributed by atoms with Gasteiger partial charge >= 0.3 is 0 Å². The van der Waals surface area contributed by atoms with Gasteiger partial charge in [-0.2, -0.15) is 5.26 Å². The van der Waals surface area contributed by atoms with Crippen molar-refractivity contribution >= 4 is 11.6 Å². The summed E-state index contributed by atoms with van der Waals surface area (Å²) in [7, 11) is 0. The lowest BCUT2D eigenvalue weighted by atomic mass is 9.98. The van der Waals surface area contributed by atoms with Crippen LogP contribution in [-0.4, -0.2) is 12.0 Å². The summed E-state index contributed by atoms with van der Waals surface area (Å²) >= 11 is 0. The molecule has 1 atom stereocenters. The van der Waals surface area contributed by atoms with Crippen molar-refractivity contribution in [1.82, 2.24) is 0 Å². The molecule has 24 heavy (non-hydrogen) atoms. The normalized spacial score (nSPS) is 11.7. The van der Waals surface area contributed by atoms with Crippen LogP contribution in [0.25, 0.3) is 0 Å². The first-order valence-corrected chi connectivity index (χ1v) is 7.99. The summed E-state index contributed by atoms with van der Waals surface area (Å²) < 4.78 is 5.67. The van der Waals surface area contributed by atoms with E-state index in [2.05, 4.69) is 25.2 Å². The highest BCUT2D eigenvalue weighted by atomic mass is 16.5. The maximum Gasteiger partial charge on any atom is 0.265 e.